The first kappa shape index (κ1) is 16.0. The number of nitrogens with zero attached hydrogens (tertiary/aromatic N) is 2. The summed E-state index contributed by atoms with van der Waals surface area (Å²) in [6, 6.07) is 7.49. The molecule has 1 saturated heterocycles. The van der Waals surface area contributed by atoms with E-state index in [1.165, 1.54) is 0 Å². The Kier molecular flexibility index (Phi) is 5.76. The molecule has 0 amide bonds. The van der Waals surface area contributed by atoms with Gasteiger partial charge in [-0.15, -0.1) is 0 Å². The number of rotatable bonds is 6. The average Bonchev–Trinajstić information content (AvgIpc) is 2.50. The molecule has 1 aliphatic heterocycles. The minimum Gasteiger partial charge on any atom is -0.494 e. The zero-order valence-electron chi connectivity index (χ0n) is 13.3. The monoisotopic (exact) mass is 290 g/mol. The van der Waals surface area contributed by atoms with Crippen molar-refractivity contribution in [2.75, 3.05) is 46.4 Å². The highest BCUT2D eigenvalue weighted by Crippen LogP contribution is 2.16. The molecule has 0 N–H and O–H groups in total. The van der Waals surface area contributed by atoms with Gasteiger partial charge in [0, 0.05) is 44.2 Å². The van der Waals surface area contributed by atoms with Gasteiger partial charge >= 0.3 is 0 Å². The van der Waals surface area contributed by atoms with Gasteiger partial charge in [-0.25, -0.2) is 0 Å². The molecule has 0 bridgehead atoms. The number of benzene rings is 1. The molecule has 0 aromatic heterocycles. The Morgan fingerprint density at radius 3 is 2.38 bits per heavy atom. The van der Waals surface area contributed by atoms with Crippen LogP contribution in [0.4, 0.5) is 0 Å². The second-order valence-electron chi connectivity index (χ2n) is 5.83. The molecule has 1 aromatic carbocycles. The lowest BCUT2D eigenvalue weighted by molar-refractivity contribution is 0.0854. The summed E-state index contributed by atoms with van der Waals surface area (Å²) in [5, 5.41) is 0. The molecule has 4 heteroatoms. The number of carbonyl (C=O) groups excluding carboxylic acids is 1. The van der Waals surface area contributed by atoms with Crippen molar-refractivity contribution in [2.45, 2.75) is 13.8 Å². The number of likely N-dealkylation sites (N-methyl/N-ethyl adjacent to an activating group) is 1. The fourth-order valence-corrected chi connectivity index (χ4v) is 2.67. The van der Waals surface area contributed by atoms with Crippen LogP contribution in [-0.2, 0) is 0 Å². The van der Waals surface area contributed by atoms with Crippen LogP contribution in [0.25, 0.3) is 0 Å². The molecular formula is C17H26N2O2. The van der Waals surface area contributed by atoms with E-state index in [2.05, 4.69) is 16.8 Å². The Hall–Kier alpha value is -1.39. The summed E-state index contributed by atoms with van der Waals surface area (Å²) in [6.07, 6.45) is 0. The van der Waals surface area contributed by atoms with Crippen molar-refractivity contribution >= 4 is 5.78 Å². The van der Waals surface area contributed by atoms with Crippen molar-refractivity contribution in [3.8, 4) is 5.75 Å². The van der Waals surface area contributed by atoms with E-state index in [0.717, 1.165) is 44.0 Å². The quantitative estimate of drug-likeness (QED) is 0.752. The highest BCUT2D eigenvalue weighted by Gasteiger charge is 2.21. The summed E-state index contributed by atoms with van der Waals surface area (Å²) in [5.74, 6) is 1.07. The number of ketones is 1. The Labute approximate surface area is 127 Å². The van der Waals surface area contributed by atoms with E-state index in [0.29, 0.717) is 6.61 Å². The van der Waals surface area contributed by atoms with Crippen LogP contribution in [0.3, 0.4) is 0 Å². The molecule has 116 valence electrons. The van der Waals surface area contributed by atoms with Gasteiger partial charge in [0.05, 0.1) is 6.61 Å². The molecule has 1 heterocycles. The Balaban J connectivity index is 1.89. The van der Waals surface area contributed by atoms with E-state index < -0.39 is 0 Å². The van der Waals surface area contributed by atoms with Gasteiger partial charge in [-0.3, -0.25) is 4.79 Å². The van der Waals surface area contributed by atoms with Crippen LogP contribution in [0, 0.1) is 5.92 Å². The molecule has 1 atom stereocenters. The van der Waals surface area contributed by atoms with Crippen molar-refractivity contribution in [1.82, 2.24) is 9.80 Å². The van der Waals surface area contributed by atoms with Gasteiger partial charge in [-0.2, -0.15) is 0 Å². The summed E-state index contributed by atoms with van der Waals surface area (Å²) in [7, 11) is 2.14. The standard InChI is InChI=1S/C17H26N2O2/c1-4-21-16-7-5-15(6-8-16)17(20)14(2)13-19-11-9-18(3)10-12-19/h5-8,14H,4,9-13H2,1-3H3. The smallest absolute Gasteiger partial charge is 0.166 e. The molecule has 4 nitrogen and oxygen atoms in total. The van der Waals surface area contributed by atoms with Gasteiger partial charge in [0.25, 0.3) is 0 Å². The van der Waals surface area contributed by atoms with Crippen LogP contribution < -0.4 is 4.74 Å². The first-order chi connectivity index (χ1) is 10.1. The van der Waals surface area contributed by atoms with Crippen molar-refractivity contribution < 1.29 is 9.53 Å². The summed E-state index contributed by atoms with van der Waals surface area (Å²) < 4.78 is 5.41. The normalized spacial score (nSPS) is 18.4. The van der Waals surface area contributed by atoms with Crippen molar-refractivity contribution in [2.24, 2.45) is 5.92 Å². The van der Waals surface area contributed by atoms with Crippen molar-refractivity contribution in [3.63, 3.8) is 0 Å². The van der Waals surface area contributed by atoms with Crippen LogP contribution in [0.1, 0.15) is 24.2 Å². The average molecular weight is 290 g/mol. The van der Waals surface area contributed by atoms with E-state index in [1.54, 1.807) is 0 Å². The van der Waals surface area contributed by atoms with E-state index in [1.807, 2.05) is 38.1 Å². The summed E-state index contributed by atoms with van der Waals surface area (Å²) >= 11 is 0. The van der Waals surface area contributed by atoms with E-state index in [4.69, 9.17) is 4.74 Å². The number of ether oxygens (including phenoxy) is 1. The predicted octanol–water partition coefficient (Wildman–Crippen LogP) is 2.15. The minimum atomic E-state index is 0.0337. The van der Waals surface area contributed by atoms with Gasteiger partial charge in [-0.1, -0.05) is 6.92 Å². The third-order valence-electron chi connectivity index (χ3n) is 4.03. The number of Topliss-reactive ketones (excluding diaryl/α,β-unsaturated/α-hetero) is 1. The highest BCUT2D eigenvalue weighted by molar-refractivity contribution is 5.97. The fourth-order valence-electron chi connectivity index (χ4n) is 2.67. The zero-order valence-corrected chi connectivity index (χ0v) is 13.3. The van der Waals surface area contributed by atoms with Crippen molar-refractivity contribution in [1.29, 1.82) is 0 Å². The van der Waals surface area contributed by atoms with Crippen LogP contribution in [0.5, 0.6) is 5.75 Å². The number of hydrogen-bond acceptors (Lipinski definition) is 4. The first-order valence-corrected chi connectivity index (χ1v) is 7.78. The van der Waals surface area contributed by atoms with E-state index >= 15 is 0 Å². The number of piperazine rings is 1. The van der Waals surface area contributed by atoms with Crippen LogP contribution in [0.2, 0.25) is 0 Å². The minimum absolute atomic E-state index is 0.0337. The lowest BCUT2D eigenvalue weighted by Crippen LogP contribution is -2.46. The third kappa shape index (κ3) is 4.55. The maximum Gasteiger partial charge on any atom is 0.166 e. The molecule has 2 rings (SSSR count). The largest absolute Gasteiger partial charge is 0.494 e. The molecule has 0 saturated carbocycles. The fraction of sp³-hybridized carbons (Fsp3) is 0.588. The Morgan fingerprint density at radius 1 is 1.19 bits per heavy atom. The lowest BCUT2D eigenvalue weighted by atomic mass is 9.98. The molecule has 1 aliphatic rings. The SMILES string of the molecule is CCOc1ccc(C(=O)C(C)CN2CCN(C)CC2)cc1. The topological polar surface area (TPSA) is 32.8 Å². The van der Waals surface area contributed by atoms with Crippen molar-refractivity contribution in [3.05, 3.63) is 29.8 Å². The molecular weight excluding hydrogens is 264 g/mol. The summed E-state index contributed by atoms with van der Waals surface area (Å²) in [5.41, 5.74) is 0.778. The maximum atomic E-state index is 12.5. The molecule has 1 unspecified atom stereocenters. The number of carbonyl (C=O) groups is 1. The van der Waals surface area contributed by atoms with Crippen LogP contribution in [0.15, 0.2) is 24.3 Å². The van der Waals surface area contributed by atoms with Gasteiger partial charge in [-0.05, 0) is 38.2 Å². The first-order valence-electron chi connectivity index (χ1n) is 7.78. The second-order valence-corrected chi connectivity index (χ2v) is 5.83. The molecule has 21 heavy (non-hydrogen) atoms. The van der Waals surface area contributed by atoms with Gasteiger partial charge in [0.15, 0.2) is 5.78 Å². The molecule has 1 aromatic rings. The number of hydrogen-bond donors (Lipinski definition) is 0. The molecule has 0 aliphatic carbocycles. The summed E-state index contributed by atoms with van der Waals surface area (Å²) in [4.78, 5) is 17.2. The van der Waals surface area contributed by atoms with Gasteiger partial charge in [0.2, 0.25) is 0 Å². The maximum absolute atomic E-state index is 12.5. The zero-order chi connectivity index (χ0) is 15.2. The highest BCUT2D eigenvalue weighted by atomic mass is 16.5. The molecule has 0 spiro atoms. The second kappa shape index (κ2) is 7.57. The van der Waals surface area contributed by atoms with Crippen LogP contribution >= 0.6 is 0 Å². The van der Waals surface area contributed by atoms with Gasteiger partial charge in [0.1, 0.15) is 5.75 Å². The molecule has 1 fully saturated rings. The molecule has 0 radical (unpaired) electrons. The predicted molar refractivity (Wildman–Crippen MR) is 85.0 cm³/mol. The van der Waals surface area contributed by atoms with Crippen LogP contribution in [-0.4, -0.2) is 62.0 Å². The van der Waals surface area contributed by atoms with E-state index in [9.17, 15) is 4.79 Å². The Morgan fingerprint density at radius 2 is 1.81 bits per heavy atom. The summed E-state index contributed by atoms with van der Waals surface area (Å²) in [6.45, 7) is 9.75. The Bertz CT molecular complexity index is 450. The van der Waals surface area contributed by atoms with E-state index in [-0.39, 0.29) is 11.7 Å². The lowest BCUT2D eigenvalue weighted by Gasteiger charge is -2.33. The third-order valence-corrected chi connectivity index (χ3v) is 4.03. The van der Waals surface area contributed by atoms with Gasteiger partial charge < -0.3 is 14.5 Å².